The molecule has 0 saturated carbocycles. The maximum absolute atomic E-state index is 3.54. The highest BCUT2D eigenvalue weighted by molar-refractivity contribution is 5.79. The van der Waals surface area contributed by atoms with E-state index in [0.717, 1.165) is 13.1 Å². The molecule has 2 rings (SSSR count). The summed E-state index contributed by atoms with van der Waals surface area (Å²) < 4.78 is 0. The van der Waals surface area contributed by atoms with E-state index >= 15 is 0 Å². The van der Waals surface area contributed by atoms with Crippen LogP contribution in [0, 0.1) is 0 Å². The molecule has 0 fully saturated rings. The Kier molecular flexibility index (Phi) is 3.82. The largest absolute Gasteiger partial charge is 0.361 e. The highest BCUT2D eigenvalue weighted by Crippen LogP contribution is 2.14. The van der Waals surface area contributed by atoms with Crippen LogP contribution in [0.15, 0.2) is 30.5 Å². The van der Waals surface area contributed by atoms with E-state index in [9.17, 15) is 0 Å². The summed E-state index contributed by atoms with van der Waals surface area (Å²) in [5, 5.41) is 4.82. The number of benzene rings is 1. The number of nitrogens with one attached hydrogen (secondary N) is 2. The van der Waals surface area contributed by atoms with Crippen LogP contribution in [-0.2, 0) is 6.54 Å². The summed E-state index contributed by atoms with van der Waals surface area (Å²) in [4.78, 5) is 5.41. The summed E-state index contributed by atoms with van der Waals surface area (Å²) in [5.74, 6) is 0. The van der Waals surface area contributed by atoms with Gasteiger partial charge in [0, 0.05) is 30.8 Å². The van der Waals surface area contributed by atoms with E-state index in [-0.39, 0.29) is 0 Å². The molecule has 1 heterocycles. The third kappa shape index (κ3) is 3.32. The lowest BCUT2D eigenvalue weighted by atomic mass is 10.1. The van der Waals surface area contributed by atoms with Crippen molar-refractivity contribution in [1.29, 1.82) is 0 Å². The molecule has 17 heavy (non-hydrogen) atoms. The first kappa shape index (κ1) is 12.1. The lowest BCUT2D eigenvalue weighted by Gasteiger charge is -2.18. The van der Waals surface area contributed by atoms with Gasteiger partial charge < -0.3 is 15.2 Å². The first-order chi connectivity index (χ1) is 8.15. The van der Waals surface area contributed by atoms with Crippen LogP contribution in [0.5, 0.6) is 0 Å². The fourth-order valence-electron chi connectivity index (χ4n) is 2.12. The van der Waals surface area contributed by atoms with E-state index in [4.69, 9.17) is 0 Å². The van der Waals surface area contributed by atoms with Gasteiger partial charge in [0.25, 0.3) is 0 Å². The van der Waals surface area contributed by atoms with Crippen LogP contribution in [0.1, 0.15) is 12.5 Å². The first-order valence-corrected chi connectivity index (χ1v) is 6.09. The van der Waals surface area contributed by atoms with Crippen LogP contribution in [0.4, 0.5) is 0 Å². The van der Waals surface area contributed by atoms with Gasteiger partial charge in [0.1, 0.15) is 0 Å². The standard InChI is InChI=1S/C14H21N3/c1-11(10-17(2)3)16-9-12-4-5-14-13(8-12)6-7-15-14/h4-8,11,15-16H,9-10H2,1-3H3. The average molecular weight is 231 g/mol. The van der Waals surface area contributed by atoms with Crippen molar-refractivity contribution in [2.45, 2.75) is 19.5 Å². The van der Waals surface area contributed by atoms with Gasteiger partial charge in [-0.05, 0) is 50.2 Å². The van der Waals surface area contributed by atoms with Gasteiger partial charge in [0.15, 0.2) is 0 Å². The minimum atomic E-state index is 0.506. The van der Waals surface area contributed by atoms with Crippen molar-refractivity contribution >= 4 is 10.9 Å². The van der Waals surface area contributed by atoms with Gasteiger partial charge in [0.05, 0.1) is 0 Å². The Morgan fingerprint density at radius 3 is 2.88 bits per heavy atom. The molecule has 1 atom stereocenters. The second kappa shape index (κ2) is 5.34. The predicted molar refractivity (Wildman–Crippen MR) is 73.2 cm³/mol. The van der Waals surface area contributed by atoms with Crippen LogP contribution in [-0.4, -0.2) is 36.6 Å². The molecule has 0 spiro atoms. The summed E-state index contributed by atoms with van der Waals surface area (Å²) >= 11 is 0. The van der Waals surface area contributed by atoms with E-state index in [2.05, 4.69) is 60.5 Å². The van der Waals surface area contributed by atoms with E-state index < -0.39 is 0 Å². The number of rotatable bonds is 5. The van der Waals surface area contributed by atoms with Gasteiger partial charge in [-0.3, -0.25) is 0 Å². The smallest absolute Gasteiger partial charge is 0.0454 e. The van der Waals surface area contributed by atoms with Crippen molar-refractivity contribution in [2.75, 3.05) is 20.6 Å². The first-order valence-electron chi connectivity index (χ1n) is 6.09. The van der Waals surface area contributed by atoms with Crippen molar-refractivity contribution in [3.8, 4) is 0 Å². The zero-order valence-electron chi connectivity index (χ0n) is 10.8. The number of fused-ring (bicyclic) bond motifs is 1. The Labute approximate surface area is 103 Å². The van der Waals surface area contributed by atoms with E-state index in [1.54, 1.807) is 0 Å². The molecule has 0 aliphatic carbocycles. The van der Waals surface area contributed by atoms with Gasteiger partial charge in [-0.15, -0.1) is 0 Å². The Balaban J connectivity index is 1.94. The van der Waals surface area contributed by atoms with Crippen LogP contribution in [0.2, 0.25) is 0 Å². The summed E-state index contributed by atoms with van der Waals surface area (Å²) in [6.45, 7) is 4.21. The van der Waals surface area contributed by atoms with Crippen molar-refractivity contribution in [1.82, 2.24) is 15.2 Å². The normalized spacial score (nSPS) is 13.4. The zero-order chi connectivity index (χ0) is 12.3. The monoisotopic (exact) mass is 231 g/mol. The van der Waals surface area contributed by atoms with Crippen molar-refractivity contribution in [3.05, 3.63) is 36.0 Å². The molecule has 92 valence electrons. The number of likely N-dealkylation sites (N-methyl/N-ethyl adjacent to an activating group) is 1. The minimum Gasteiger partial charge on any atom is -0.361 e. The molecule has 0 bridgehead atoms. The molecular formula is C14H21N3. The molecule has 0 saturated heterocycles. The third-order valence-electron chi connectivity index (χ3n) is 2.91. The lowest BCUT2D eigenvalue weighted by molar-refractivity contribution is 0.349. The average Bonchev–Trinajstić information content (AvgIpc) is 2.72. The number of H-pyrrole nitrogens is 1. The molecule has 3 nitrogen and oxygen atoms in total. The van der Waals surface area contributed by atoms with E-state index in [1.807, 2.05) is 6.20 Å². The van der Waals surface area contributed by atoms with Gasteiger partial charge in [-0.25, -0.2) is 0 Å². The third-order valence-corrected chi connectivity index (χ3v) is 2.91. The molecule has 1 aromatic carbocycles. The molecule has 0 radical (unpaired) electrons. The second-order valence-electron chi connectivity index (χ2n) is 4.94. The molecule has 1 unspecified atom stereocenters. The summed E-state index contributed by atoms with van der Waals surface area (Å²) in [6, 6.07) is 9.17. The Morgan fingerprint density at radius 1 is 1.29 bits per heavy atom. The molecule has 1 aromatic heterocycles. The van der Waals surface area contributed by atoms with Crippen molar-refractivity contribution in [2.24, 2.45) is 0 Å². The molecule has 0 aliphatic rings. The fraction of sp³-hybridized carbons (Fsp3) is 0.429. The van der Waals surface area contributed by atoms with Gasteiger partial charge in [-0.2, -0.15) is 0 Å². The predicted octanol–water partition coefficient (Wildman–Crippen LogP) is 2.21. The SMILES string of the molecule is CC(CN(C)C)NCc1ccc2[nH]ccc2c1. The van der Waals surface area contributed by atoms with E-state index in [1.165, 1.54) is 16.5 Å². The number of nitrogens with zero attached hydrogens (tertiary/aromatic N) is 1. The number of hydrogen-bond donors (Lipinski definition) is 2. The van der Waals surface area contributed by atoms with Gasteiger partial charge >= 0.3 is 0 Å². The highest BCUT2D eigenvalue weighted by atomic mass is 15.1. The molecule has 2 N–H and O–H groups in total. The minimum absolute atomic E-state index is 0.506. The summed E-state index contributed by atoms with van der Waals surface area (Å²) in [5.41, 5.74) is 2.54. The Bertz CT molecular complexity index is 473. The molecule has 2 aromatic rings. The van der Waals surface area contributed by atoms with Gasteiger partial charge in [0.2, 0.25) is 0 Å². The van der Waals surface area contributed by atoms with Crippen molar-refractivity contribution in [3.63, 3.8) is 0 Å². The maximum Gasteiger partial charge on any atom is 0.0454 e. The van der Waals surface area contributed by atoms with Crippen LogP contribution in [0.3, 0.4) is 0 Å². The summed E-state index contributed by atoms with van der Waals surface area (Å²) in [7, 11) is 4.20. The molecule has 0 aliphatic heterocycles. The topological polar surface area (TPSA) is 31.1 Å². The zero-order valence-corrected chi connectivity index (χ0v) is 10.8. The highest BCUT2D eigenvalue weighted by Gasteiger charge is 2.03. The molecular weight excluding hydrogens is 210 g/mol. The van der Waals surface area contributed by atoms with Gasteiger partial charge in [-0.1, -0.05) is 6.07 Å². The molecule has 3 heteroatoms. The number of aromatic amines is 1. The van der Waals surface area contributed by atoms with Crippen LogP contribution in [0.25, 0.3) is 10.9 Å². The number of hydrogen-bond acceptors (Lipinski definition) is 2. The Hall–Kier alpha value is -1.32. The van der Waals surface area contributed by atoms with Crippen molar-refractivity contribution < 1.29 is 0 Å². The summed E-state index contributed by atoms with van der Waals surface area (Å²) in [6.07, 6.45) is 1.98. The second-order valence-corrected chi connectivity index (χ2v) is 4.94. The lowest BCUT2D eigenvalue weighted by Crippen LogP contribution is -2.35. The van der Waals surface area contributed by atoms with Crippen LogP contribution >= 0.6 is 0 Å². The van der Waals surface area contributed by atoms with Crippen LogP contribution < -0.4 is 5.32 Å². The number of aromatic nitrogens is 1. The Morgan fingerprint density at radius 2 is 2.12 bits per heavy atom. The van der Waals surface area contributed by atoms with E-state index in [0.29, 0.717) is 6.04 Å². The maximum atomic E-state index is 3.54. The molecule has 0 amide bonds. The fourth-order valence-corrected chi connectivity index (χ4v) is 2.12. The quantitative estimate of drug-likeness (QED) is 0.826.